The SMILES string of the molecule is CC1(C)CCC[C@]2(C)[C@H]3COC4C(O)=CC(O)=CC4[C@]3(C)CC[C@@H]12. The van der Waals surface area contributed by atoms with Gasteiger partial charge in [0, 0.05) is 12.0 Å². The Balaban J connectivity index is 1.74. The molecule has 4 rings (SSSR count). The first kappa shape index (κ1) is 16.5. The average molecular weight is 332 g/mol. The second-order valence-corrected chi connectivity index (χ2v) is 9.94. The monoisotopic (exact) mass is 332 g/mol. The van der Waals surface area contributed by atoms with Gasteiger partial charge in [0.1, 0.15) is 17.6 Å². The van der Waals surface area contributed by atoms with Crippen molar-refractivity contribution in [3.8, 4) is 0 Å². The second-order valence-electron chi connectivity index (χ2n) is 9.94. The number of hydrogen-bond donors (Lipinski definition) is 2. The fourth-order valence-corrected chi connectivity index (χ4v) is 7.13. The first-order valence-corrected chi connectivity index (χ1v) is 9.61. The van der Waals surface area contributed by atoms with E-state index in [1.807, 2.05) is 6.08 Å². The maximum Gasteiger partial charge on any atom is 0.125 e. The summed E-state index contributed by atoms with van der Waals surface area (Å²) in [7, 11) is 0. The summed E-state index contributed by atoms with van der Waals surface area (Å²) < 4.78 is 6.19. The van der Waals surface area contributed by atoms with Gasteiger partial charge < -0.3 is 14.9 Å². The highest BCUT2D eigenvalue weighted by Crippen LogP contribution is 2.67. The quantitative estimate of drug-likeness (QED) is 0.645. The summed E-state index contributed by atoms with van der Waals surface area (Å²) in [6, 6.07) is 0. The number of fused-ring (bicyclic) bond motifs is 5. The summed E-state index contributed by atoms with van der Waals surface area (Å²) in [6.45, 7) is 10.5. The maximum atomic E-state index is 10.3. The molecule has 1 aliphatic heterocycles. The fourth-order valence-electron chi connectivity index (χ4n) is 7.13. The normalized spacial score (nSPS) is 50.0. The highest BCUT2D eigenvalue weighted by atomic mass is 16.5. The first-order valence-electron chi connectivity index (χ1n) is 9.61. The number of aliphatic hydroxyl groups is 2. The van der Waals surface area contributed by atoms with Crippen LogP contribution in [0.2, 0.25) is 0 Å². The van der Waals surface area contributed by atoms with Crippen LogP contribution >= 0.6 is 0 Å². The molecule has 2 saturated carbocycles. The molecule has 0 spiro atoms. The van der Waals surface area contributed by atoms with E-state index in [9.17, 15) is 10.2 Å². The van der Waals surface area contributed by atoms with Crippen molar-refractivity contribution in [2.24, 2.45) is 34.0 Å². The van der Waals surface area contributed by atoms with Crippen LogP contribution in [0.1, 0.15) is 59.8 Å². The summed E-state index contributed by atoms with van der Waals surface area (Å²) >= 11 is 0. The van der Waals surface area contributed by atoms with E-state index >= 15 is 0 Å². The van der Waals surface area contributed by atoms with E-state index in [0.717, 1.165) is 18.9 Å². The largest absolute Gasteiger partial charge is 0.509 e. The van der Waals surface area contributed by atoms with Crippen LogP contribution in [0.3, 0.4) is 0 Å². The Morgan fingerprint density at radius 1 is 1.00 bits per heavy atom. The molecule has 3 aliphatic carbocycles. The van der Waals surface area contributed by atoms with Crippen LogP contribution in [-0.4, -0.2) is 22.9 Å². The number of ether oxygens (including phenoxy) is 1. The Morgan fingerprint density at radius 3 is 2.50 bits per heavy atom. The lowest BCUT2D eigenvalue weighted by molar-refractivity contribution is -0.216. The van der Waals surface area contributed by atoms with Gasteiger partial charge in [0.05, 0.1) is 6.61 Å². The van der Waals surface area contributed by atoms with E-state index in [4.69, 9.17) is 4.74 Å². The number of hydrogen-bond acceptors (Lipinski definition) is 3. The van der Waals surface area contributed by atoms with Crippen molar-refractivity contribution in [1.82, 2.24) is 0 Å². The van der Waals surface area contributed by atoms with Crippen molar-refractivity contribution in [3.05, 3.63) is 23.7 Å². The van der Waals surface area contributed by atoms with Gasteiger partial charge in [-0.2, -0.15) is 0 Å². The minimum Gasteiger partial charge on any atom is -0.509 e. The van der Waals surface area contributed by atoms with Crippen molar-refractivity contribution in [2.75, 3.05) is 6.61 Å². The smallest absolute Gasteiger partial charge is 0.125 e. The molecular formula is C21H32O3. The second kappa shape index (κ2) is 5.03. The Bertz CT molecular complexity index is 604. The van der Waals surface area contributed by atoms with Gasteiger partial charge in [0.15, 0.2) is 0 Å². The van der Waals surface area contributed by atoms with Crippen LogP contribution in [0.4, 0.5) is 0 Å². The fraction of sp³-hybridized carbons (Fsp3) is 0.810. The predicted octanol–water partition coefficient (Wildman–Crippen LogP) is 5.15. The minimum atomic E-state index is -0.279. The van der Waals surface area contributed by atoms with Gasteiger partial charge in [-0.25, -0.2) is 0 Å². The maximum absolute atomic E-state index is 10.3. The Hall–Kier alpha value is -0.960. The highest BCUT2D eigenvalue weighted by molar-refractivity contribution is 5.29. The van der Waals surface area contributed by atoms with Gasteiger partial charge in [0.25, 0.3) is 0 Å². The minimum absolute atomic E-state index is 0.0732. The molecule has 2 unspecified atom stereocenters. The third-order valence-corrected chi connectivity index (χ3v) is 8.31. The summed E-state index contributed by atoms with van der Waals surface area (Å²) in [5.41, 5.74) is 0.773. The molecule has 0 amide bonds. The number of rotatable bonds is 0. The molecule has 1 heterocycles. The first-order chi connectivity index (χ1) is 11.2. The molecule has 2 N–H and O–H groups in total. The Morgan fingerprint density at radius 2 is 1.75 bits per heavy atom. The molecule has 0 aromatic rings. The van der Waals surface area contributed by atoms with Gasteiger partial charge in [0.2, 0.25) is 0 Å². The van der Waals surface area contributed by atoms with E-state index in [1.54, 1.807) is 0 Å². The van der Waals surface area contributed by atoms with Crippen molar-refractivity contribution < 1.29 is 14.9 Å². The van der Waals surface area contributed by atoms with Crippen molar-refractivity contribution in [1.29, 1.82) is 0 Å². The van der Waals surface area contributed by atoms with Crippen LogP contribution in [0.25, 0.3) is 0 Å². The van der Waals surface area contributed by atoms with E-state index in [0.29, 0.717) is 16.7 Å². The summed E-state index contributed by atoms with van der Waals surface area (Å²) in [6.07, 6.45) is 9.41. The third kappa shape index (κ3) is 2.06. The zero-order chi connectivity index (χ0) is 17.3. The molecule has 0 bridgehead atoms. The van der Waals surface area contributed by atoms with Crippen LogP contribution in [0.15, 0.2) is 23.7 Å². The van der Waals surface area contributed by atoms with Crippen LogP contribution < -0.4 is 0 Å². The van der Waals surface area contributed by atoms with Gasteiger partial charge >= 0.3 is 0 Å². The van der Waals surface area contributed by atoms with Gasteiger partial charge in [-0.3, -0.25) is 0 Å². The molecule has 0 aromatic carbocycles. The van der Waals surface area contributed by atoms with E-state index < -0.39 is 0 Å². The topological polar surface area (TPSA) is 49.7 Å². The standard InChI is InChI=1S/C21H32O3/c1-19(2)7-5-8-21(4)16(19)6-9-20(3)14-10-13(22)11-15(23)18(14)24-12-17(20)21/h10-11,14,16-18,22-23H,5-9,12H2,1-4H3/t14?,16-,17-,18?,20-,21-/m0/s1. The molecule has 1 saturated heterocycles. The predicted molar refractivity (Wildman–Crippen MR) is 94.7 cm³/mol. The van der Waals surface area contributed by atoms with Crippen LogP contribution in [0, 0.1) is 34.0 Å². The Labute approximate surface area is 145 Å². The lowest BCUT2D eigenvalue weighted by Gasteiger charge is -2.66. The Kier molecular flexibility index (Phi) is 3.46. The van der Waals surface area contributed by atoms with Crippen LogP contribution in [0.5, 0.6) is 0 Å². The summed E-state index contributed by atoms with van der Waals surface area (Å²) in [5.74, 6) is 1.68. The summed E-state index contributed by atoms with van der Waals surface area (Å²) in [4.78, 5) is 0. The number of allylic oxidation sites excluding steroid dienone is 1. The van der Waals surface area contributed by atoms with Gasteiger partial charge in [-0.05, 0) is 59.8 Å². The number of aliphatic hydroxyl groups excluding tert-OH is 2. The van der Waals surface area contributed by atoms with Crippen molar-refractivity contribution in [2.45, 2.75) is 65.9 Å². The lowest BCUT2D eigenvalue weighted by Crippen LogP contribution is -2.62. The molecule has 3 nitrogen and oxygen atoms in total. The molecule has 4 aliphatic rings. The van der Waals surface area contributed by atoms with E-state index in [1.165, 1.54) is 31.8 Å². The molecule has 6 atom stereocenters. The zero-order valence-electron chi connectivity index (χ0n) is 15.5. The third-order valence-electron chi connectivity index (χ3n) is 8.31. The van der Waals surface area contributed by atoms with E-state index in [-0.39, 0.29) is 29.0 Å². The van der Waals surface area contributed by atoms with Crippen molar-refractivity contribution in [3.63, 3.8) is 0 Å². The highest BCUT2D eigenvalue weighted by Gasteiger charge is 2.63. The molecule has 0 aromatic heterocycles. The molecule has 3 heteroatoms. The lowest BCUT2D eigenvalue weighted by atomic mass is 9.41. The summed E-state index contributed by atoms with van der Waals surface area (Å²) in [5, 5.41) is 20.4. The molecule has 0 radical (unpaired) electrons. The van der Waals surface area contributed by atoms with Crippen molar-refractivity contribution >= 4 is 0 Å². The molecule has 3 fully saturated rings. The molecule has 24 heavy (non-hydrogen) atoms. The van der Waals surface area contributed by atoms with Gasteiger partial charge in [-0.1, -0.05) is 34.1 Å². The average Bonchev–Trinajstić information content (AvgIpc) is 2.46. The van der Waals surface area contributed by atoms with Crippen LogP contribution in [-0.2, 0) is 4.74 Å². The zero-order valence-corrected chi connectivity index (χ0v) is 15.5. The molecular weight excluding hydrogens is 300 g/mol. The molecule has 134 valence electrons. The van der Waals surface area contributed by atoms with Gasteiger partial charge in [-0.15, -0.1) is 0 Å². The van der Waals surface area contributed by atoms with E-state index in [2.05, 4.69) is 27.7 Å².